The molecule has 0 saturated heterocycles. The Morgan fingerprint density at radius 2 is 2.24 bits per heavy atom. The quantitative estimate of drug-likeness (QED) is 0.627. The molecule has 8 nitrogen and oxygen atoms in total. The van der Waals surface area contributed by atoms with Crippen molar-refractivity contribution in [3.63, 3.8) is 0 Å². The Morgan fingerprint density at radius 1 is 1.52 bits per heavy atom. The van der Waals surface area contributed by atoms with E-state index in [1.54, 1.807) is 0 Å². The summed E-state index contributed by atoms with van der Waals surface area (Å²) in [4.78, 5) is 24.0. The van der Waals surface area contributed by atoms with Crippen molar-refractivity contribution < 1.29 is 14.5 Å². The van der Waals surface area contributed by atoms with Gasteiger partial charge in [-0.1, -0.05) is 0 Å². The first-order valence-corrected chi connectivity index (χ1v) is 6.54. The highest BCUT2D eigenvalue weighted by Gasteiger charge is 2.23. The Labute approximate surface area is 122 Å². The number of carbonyl (C=O) groups is 1. The third-order valence-electron chi connectivity index (χ3n) is 3.40. The highest BCUT2D eigenvalue weighted by molar-refractivity contribution is 5.96. The van der Waals surface area contributed by atoms with Gasteiger partial charge in [-0.3, -0.25) is 14.9 Å². The van der Waals surface area contributed by atoms with Crippen LogP contribution in [0, 0.1) is 10.1 Å². The van der Waals surface area contributed by atoms with Gasteiger partial charge in [-0.15, -0.1) is 0 Å². The Bertz CT molecular complexity index is 574. The minimum absolute atomic E-state index is 0.0733. The smallest absolute Gasteiger partial charge is 0.296 e. The summed E-state index contributed by atoms with van der Waals surface area (Å²) < 4.78 is 5.19. The lowest BCUT2D eigenvalue weighted by Crippen LogP contribution is -2.31. The number of ether oxygens (including phenoxy) is 1. The number of hydrogen-bond acceptors (Lipinski definition) is 6. The number of benzene rings is 1. The number of nitrogens with one attached hydrogen (secondary N) is 2. The molecule has 1 amide bonds. The summed E-state index contributed by atoms with van der Waals surface area (Å²) in [5.74, 6) is 0.0384. The van der Waals surface area contributed by atoms with E-state index in [0.29, 0.717) is 23.7 Å². The molecule has 0 radical (unpaired) electrons. The Balaban J connectivity index is 2.28. The molecule has 0 fully saturated rings. The number of nitrogens with zero attached hydrogens (tertiary/aromatic N) is 2. The van der Waals surface area contributed by atoms with Crippen molar-refractivity contribution >= 4 is 23.0 Å². The average molecular weight is 294 g/mol. The maximum Gasteiger partial charge on any atom is 0.296 e. The fraction of sp³-hybridized carbons (Fsp3) is 0.462. The van der Waals surface area contributed by atoms with Crippen molar-refractivity contribution in [2.75, 3.05) is 37.9 Å². The van der Waals surface area contributed by atoms with Crippen LogP contribution in [-0.4, -0.2) is 49.0 Å². The number of anilines is 2. The van der Waals surface area contributed by atoms with Gasteiger partial charge >= 0.3 is 0 Å². The molecule has 2 rings (SSSR count). The lowest BCUT2D eigenvalue weighted by Gasteiger charge is -2.22. The first-order valence-electron chi connectivity index (χ1n) is 6.54. The van der Waals surface area contributed by atoms with Crippen LogP contribution in [0.15, 0.2) is 12.1 Å². The van der Waals surface area contributed by atoms with E-state index >= 15 is 0 Å². The third-order valence-corrected chi connectivity index (χ3v) is 3.40. The first-order chi connectivity index (χ1) is 9.88. The first kappa shape index (κ1) is 15.0. The fourth-order valence-electron chi connectivity index (χ4n) is 1.85. The van der Waals surface area contributed by atoms with Gasteiger partial charge in [0.1, 0.15) is 5.69 Å². The van der Waals surface area contributed by atoms with E-state index < -0.39 is 4.92 Å². The van der Waals surface area contributed by atoms with Gasteiger partial charge < -0.3 is 20.3 Å². The van der Waals surface area contributed by atoms with Gasteiger partial charge in [-0.25, -0.2) is 0 Å². The van der Waals surface area contributed by atoms with Crippen molar-refractivity contribution in [3.05, 3.63) is 22.2 Å². The van der Waals surface area contributed by atoms with Crippen LogP contribution >= 0.6 is 0 Å². The van der Waals surface area contributed by atoms with E-state index in [1.165, 1.54) is 12.1 Å². The molecular weight excluding hydrogens is 276 g/mol. The van der Waals surface area contributed by atoms with E-state index in [4.69, 9.17) is 4.74 Å². The van der Waals surface area contributed by atoms with Gasteiger partial charge in [-0.2, -0.15) is 0 Å². The molecule has 0 saturated carbocycles. The average Bonchev–Trinajstić information content (AvgIpc) is 2.43. The van der Waals surface area contributed by atoms with E-state index in [9.17, 15) is 14.9 Å². The number of nitro groups is 1. The van der Waals surface area contributed by atoms with Crippen LogP contribution in [0.3, 0.4) is 0 Å². The van der Waals surface area contributed by atoms with Gasteiger partial charge in [0.25, 0.3) is 11.6 Å². The summed E-state index contributed by atoms with van der Waals surface area (Å²) in [7, 11) is 3.86. The van der Waals surface area contributed by atoms with Gasteiger partial charge in [-0.05, 0) is 27.1 Å². The summed E-state index contributed by atoms with van der Waals surface area (Å²) >= 11 is 0. The van der Waals surface area contributed by atoms with Crippen molar-refractivity contribution in [2.45, 2.75) is 13.0 Å². The molecular formula is C13H18N4O4. The standard InChI is InChI=1S/C13H18N4O4/c1-8(16(2)3)6-14-9-4-10-12(5-11(9)17(19)20)21-7-13(18)15-10/h4-5,8,14H,6-7H2,1-3H3,(H,15,18). The number of rotatable bonds is 5. The molecule has 1 aromatic carbocycles. The van der Waals surface area contributed by atoms with Crippen LogP contribution in [0.25, 0.3) is 0 Å². The molecule has 114 valence electrons. The molecule has 1 heterocycles. The van der Waals surface area contributed by atoms with Crippen molar-refractivity contribution in [3.8, 4) is 5.75 Å². The number of carbonyl (C=O) groups excluding carboxylic acids is 1. The molecule has 0 aliphatic carbocycles. The largest absolute Gasteiger partial charge is 0.481 e. The predicted molar refractivity (Wildman–Crippen MR) is 78.9 cm³/mol. The predicted octanol–water partition coefficient (Wildman–Crippen LogP) is 1.29. The molecule has 8 heteroatoms. The molecule has 1 aromatic rings. The zero-order chi connectivity index (χ0) is 15.6. The SMILES string of the molecule is CC(CNc1cc2c(cc1[N+](=O)[O-])OCC(=O)N2)N(C)C. The van der Waals surface area contributed by atoms with E-state index in [0.717, 1.165) is 0 Å². The molecule has 0 aromatic heterocycles. The van der Waals surface area contributed by atoms with Gasteiger partial charge in [0, 0.05) is 12.6 Å². The third kappa shape index (κ3) is 3.40. The maximum absolute atomic E-state index is 11.3. The van der Waals surface area contributed by atoms with E-state index in [1.807, 2.05) is 25.9 Å². The lowest BCUT2D eigenvalue weighted by atomic mass is 10.2. The van der Waals surface area contributed by atoms with Crippen LogP contribution < -0.4 is 15.4 Å². The minimum atomic E-state index is -0.470. The maximum atomic E-state index is 11.3. The van der Waals surface area contributed by atoms with Crippen LogP contribution in [0.5, 0.6) is 5.75 Å². The number of likely N-dealkylation sites (N-methyl/N-ethyl adjacent to an activating group) is 1. The van der Waals surface area contributed by atoms with Crippen LogP contribution in [-0.2, 0) is 4.79 Å². The van der Waals surface area contributed by atoms with Crippen molar-refractivity contribution in [2.24, 2.45) is 0 Å². The molecule has 1 atom stereocenters. The summed E-state index contributed by atoms with van der Waals surface area (Å²) in [5.41, 5.74) is 0.728. The monoisotopic (exact) mass is 294 g/mol. The molecule has 1 aliphatic rings. The van der Waals surface area contributed by atoms with Crippen LogP contribution in [0.1, 0.15) is 6.92 Å². The summed E-state index contributed by atoms with van der Waals surface area (Å²) in [5, 5.41) is 16.9. The van der Waals surface area contributed by atoms with Crippen molar-refractivity contribution in [1.82, 2.24) is 4.90 Å². The van der Waals surface area contributed by atoms with E-state index in [-0.39, 0.29) is 24.2 Å². The number of fused-ring (bicyclic) bond motifs is 1. The van der Waals surface area contributed by atoms with Gasteiger partial charge in [0.2, 0.25) is 0 Å². The number of nitro benzene ring substituents is 1. The molecule has 1 aliphatic heterocycles. The topological polar surface area (TPSA) is 96.7 Å². The molecule has 1 unspecified atom stereocenters. The van der Waals surface area contributed by atoms with E-state index in [2.05, 4.69) is 10.6 Å². The number of hydrogen-bond donors (Lipinski definition) is 2. The molecule has 21 heavy (non-hydrogen) atoms. The molecule has 0 spiro atoms. The zero-order valence-corrected chi connectivity index (χ0v) is 12.2. The Morgan fingerprint density at radius 3 is 2.86 bits per heavy atom. The second-order valence-corrected chi connectivity index (χ2v) is 5.15. The van der Waals surface area contributed by atoms with Crippen molar-refractivity contribution in [1.29, 1.82) is 0 Å². The normalized spacial score (nSPS) is 15.0. The molecule has 2 N–H and O–H groups in total. The second kappa shape index (κ2) is 5.96. The Hall–Kier alpha value is -2.35. The van der Waals surface area contributed by atoms with Gasteiger partial charge in [0.05, 0.1) is 16.7 Å². The molecule has 0 bridgehead atoms. The van der Waals surface area contributed by atoms with Gasteiger partial charge in [0.15, 0.2) is 12.4 Å². The lowest BCUT2D eigenvalue weighted by molar-refractivity contribution is -0.384. The highest BCUT2D eigenvalue weighted by atomic mass is 16.6. The minimum Gasteiger partial charge on any atom is -0.481 e. The summed E-state index contributed by atoms with van der Waals surface area (Å²) in [6, 6.07) is 3.07. The zero-order valence-electron chi connectivity index (χ0n) is 12.2. The Kier molecular flexibility index (Phi) is 4.27. The van der Waals surface area contributed by atoms with Crippen LogP contribution in [0.2, 0.25) is 0 Å². The van der Waals surface area contributed by atoms with Crippen LogP contribution in [0.4, 0.5) is 17.1 Å². The number of amides is 1. The highest BCUT2D eigenvalue weighted by Crippen LogP contribution is 2.37. The summed E-state index contributed by atoms with van der Waals surface area (Å²) in [6.45, 7) is 2.41. The summed E-state index contributed by atoms with van der Waals surface area (Å²) in [6.07, 6.45) is 0. The second-order valence-electron chi connectivity index (χ2n) is 5.15. The fourth-order valence-corrected chi connectivity index (χ4v) is 1.85.